The lowest BCUT2D eigenvalue weighted by Crippen LogP contribution is -2.41. The van der Waals surface area contributed by atoms with Crippen molar-refractivity contribution < 1.29 is 4.79 Å². The van der Waals surface area contributed by atoms with E-state index in [2.05, 4.69) is 9.97 Å². The molecule has 1 atom stereocenters. The molecule has 2 aromatic rings. The van der Waals surface area contributed by atoms with Crippen LogP contribution in [0.4, 0.5) is 0 Å². The van der Waals surface area contributed by atoms with Gasteiger partial charge in [0.15, 0.2) is 0 Å². The van der Waals surface area contributed by atoms with Crippen LogP contribution in [0, 0.1) is 0 Å². The zero-order valence-electron chi connectivity index (χ0n) is 10.6. The van der Waals surface area contributed by atoms with E-state index in [1.807, 2.05) is 24.3 Å². The van der Waals surface area contributed by atoms with Crippen molar-refractivity contribution in [3.05, 3.63) is 52.6 Å². The van der Waals surface area contributed by atoms with Crippen molar-refractivity contribution in [2.24, 2.45) is 0 Å². The summed E-state index contributed by atoms with van der Waals surface area (Å²) in [6.07, 6.45) is 2.42. The van der Waals surface area contributed by atoms with Gasteiger partial charge in [0.1, 0.15) is 11.9 Å². The summed E-state index contributed by atoms with van der Waals surface area (Å²) >= 11 is 11.8. The van der Waals surface area contributed by atoms with Crippen LogP contribution < -0.4 is 0 Å². The second-order valence-electron chi connectivity index (χ2n) is 4.69. The highest BCUT2D eigenvalue weighted by Crippen LogP contribution is 2.34. The molecule has 1 aromatic heterocycles. The monoisotopic (exact) mass is 309 g/mol. The zero-order chi connectivity index (χ0) is 14.1. The van der Waals surface area contributed by atoms with Crippen molar-refractivity contribution in [3.63, 3.8) is 0 Å². The number of fused-ring (bicyclic) bond motifs is 1. The summed E-state index contributed by atoms with van der Waals surface area (Å²) in [5.74, 6) is -0.123. The molecule has 0 saturated heterocycles. The molecule has 2 heterocycles. The van der Waals surface area contributed by atoms with Crippen molar-refractivity contribution in [3.8, 4) is 0 Å². The van der Waals surface area contributed by atoms with Crippen molar-refractivity contribution in [1.82, 2.24) is 14.9 Å². The first-order valence-corrected chi connectivity index (χ1v) is 7.25. The predicted octanol–water partition coefficient (Wildman–Crippen LogP) is 2.78. The summed E-state index contributed by atoms with van der Waals surface area (Å²) in [5.41, 5.74) is 2.88. The minimum absolute atomic E-state index is 0.0309. The van der Waals surface area contributed by atoms with Crippen LogP contribution in [-0.4, -0.2) is 33.2 Å². The number of carbonyl (C=O) groups is 1. The first-order valence-electron chi connectivity index (χ1n) is 6.33. The summed E-state index contributed by atoms with van der Waals surface area (Å²) in [6, 6.07) is 7.28. The number of amides is 1. The van der Waals surface area contributed by atoms with E-state index in [0.717, 1.165) is 23.4 Å². The normalized spacial score (nSPS) is 17.9. The third-order valence-corrected chi connectivity index (χ3v) is 3.99. The number of aromatic nitrogens is 2. The van der Waals surface area contributed by atoms with Gasteiger partial charge in [-0.15, -0.1) is 11.6 Å². The van der Waals surface area contributed by atoms with Crippen LogP contribution in [0.5, 0.6) is 0 Å². The smallest absolute Gasteiger partial charge is 0.238 e. The third kappa shape index (κ3) is 2.30. The number of alkyl halides is 1. The number of imidazole rings is 1. The molecule has 1 aliphatic heterocycles. The number of carbonyl (C=O) groups excluding carboxylic acids is 1. The number of nitrogens with one attached hydrogen (secondary N) is 1. The van der Waals surface area contributed by atoms with Gasteiger partial charge in [-0.25, -0.2) is 4.98 Å². The molecule has 0 fully saturated rings. The maximum absolute atomic E-state index is 12.1. The zero-order valence-corrected chi connectivity index (χ0v) is 12.2. The Balaban J connectivity index is 2.09. The van der Waals surface area contributed by atoms with Crippen LogP contribution in [-0.2, 0) is 11.2 Å². The van der Waals surface area contributed by atoms with Gasteiger partial charge in [-0.1, -0.05) is 23.7 Å². The summed E-state index contributed by atoms with van der Waals surface area (Å²) in [6.45, 7) is 0.623. The summed E-state index contributed by atoms with van der Waals surface area (Å²) < 4.78 is 0. The number of hydrogen-bond donors (Lipinski definition) is 1. The molecule has 1 unspecified atom stereocenters. The fourth-order valence-corrected chi connectivity index (χ4v) is 2.99. The highest BCUT2D eigenvalue weighted by Gasteiger charge is 2.33. The first-order chi connectivity index (χ1) is 9.70. The van der Waals surface area contributed by atoms with E-state index in [-0.39, 0.29) is 17.8 Å². The van der Waals surface area contributed by atoms with Gasteiger partial charge in [-0.2, -0.15) is 0 Å². The van der Waals surface area contributed by atoms with Gasteiger partial charge in [-0.05, 0) is 17.7 Å². The first kappa shape index (κ1) is 13.5. The van der Waals surface area contributed by atoms with Gasteiger partial charge in [0.25, 0.3) is 0 Å². The number of rotatable bonds is 2. The molecule has 0 bridgehead atoms. The average molecular weight is 310 g/mol. The van der Waals surface area contributed by atoms with Crippen molar-refractivity contribution in [2.45, 2.75) is 12.5 Å². The maximum atomic E-state index is 12.1. The summed E-state index contributed by atoms with van der Waals surface area (Å²) in [4.78, 5) is 21.4. The molecule has 0 aliphatic carbocycles. The second-order valence-corrected chi connectivity index (χ2v) is 5.40. The molecule has 6 heteroatoms. The Labute approximate surface area is 126 Å². The van der Waals surface area contributed by atoms with E-state index >= 15 is 0 Å². The van der Waals surface area contributed by atoms with E-state index in [0.29, 0.717) is 11.6 Å². The van der Waals surface area contributed by atoms with Gasteiger partial charge < -0.3 is 9.88 Å². The topological polar surface area (TPSA) is 49.0 Å². The predicted molar refractivity (Wildman–Crippen MR) is 78.0 cm³/mol. The molecular weight excluding hydrogens is 297 g/mol. The highest BCUT2D eigenvalue weighted by atomic mass is 35.5. The lowest BCUT2D eigenvalue weighted by atomic mass is 9.95. The third-order valence-electron chi connectivity index (χ3n) is 3.52. The Morgan fingerprint density at radius 3 is 3.10 bits per heavy atom. The number of H-pyrrole nitrogens is 1. The highest BCUT2D eigenvalue weighted by molar-refractivity contribution is 6.30. The van der Waals surface area contributed by atoms with E-state index < -0.39 is 0 Å². The van der Waals surface area contributed by atoms with E-state index in [1.165, 1.54) is 0 Å². The largest absolute Gasteiger partial charge is 0.348 e. The number of aromatic amines is 1. The van der Waals surface area contributed by atoms with Crippen LogP contribution in [0.3, 0.4) is 0 Å². The Hall–Kier alpha value is -1.52. The van der Waals surface area contributed by atoms with Crippen molar-refractivity contribution in [1.29, 1.82) is 0 Å². The molecular formula is C14H13Cl2N3O. The molecule has 1 aliphatic rings. The van der Waals surface area contributed by atoms with Gasteiger partial charge in [-0.3, -0.25) is 4.79 Å². The quantitative estimate of drug-likeness (QED) is 0.867. The van der Waals surface area contributed by atoms with E-state index in [4.69, 9.17) is 23.2 Å². The molecule has 1 N–H and O–H groups in total. The van der Waals surface area contributed by atoms with E-state index in [9.17, 15) is 4.79 Å². The lowest BCUT2D eigenvalue weighted by molar-refractivity contribution is -0.130. The minimum Gasteiger partial charge on any atom is -0.348 e. The second kappa shape index (κ2) is 5.46. The van der Waals surface area contributed by atoms with Crippen LogP contribution in [0.2, 0.25) is 5.02 Å². The molecule has 0 spiro atoms. The molecule has 4 nitrogen and oxygen atoms in total. The fourth-order valence-electron chi connectivity index (χ4n) is 2.64. The summed E-state index contributed by atoms with van der Waals surface area (Å²) in [7, 11) is 0. The van der Waals surface area contributed by atoms with Gasteiger partial charge in [0.2, 0.25) is 5.91 Å². The Bertz CT molecular complexity index is 641. The molecule has 1 aromatic carbocycles. The number of hydrogen-bond acceptors (Lipinski definition) is 2. The molecule has 104 valence electrons. The fraction of sp³-hybridized carbons (Fsp3) is 0.286. The molecule has 0 radical (unpaired) electrons. The van der Waals surface area contributed by atoms with Gasteiger partial charge in [0, 0.05) is 23.7 Å². The Morgan fingerprint density at radius 1 is 1.50 bits per heavy atom. The Morgan fingerprint density at radius 2 is 2.35 bits per heavy atom. The number of benzene rings is 1. The van der Waals surface area contributed by atoms with Crippen LogP contribution in [0.25, 0.3) is 0 Å². The molecule has 1 amide bonds. The number of halogens is 2. The van der Waals surface area contributed by atoms with E-state index in [1.54, 1.807) is 11.2 Å². The Kier molecular flexibility index (Phi) is 3.68. The van der Waals surface area contributed by atoms with Crippen molar-refractivity contribution in [2.75, 3.05) is 12.4 Å². The molecule has 3 rings (SSSR count). The number of nitrogens with zero attached hydrogens (tertiary/aromatic N) is 2. The van der Waals surface area contributed by atoms with Gasteiger partial charge in [0.05, 0.1) is 12.0 Å². The standard InChI is InChI=1S/C14H13Cl2N3O/c15-7-12(20)19-5-4-11-13(18-8-17-11)14(19)9-2-1-3-10(16)6-9/h1-3,6,8,14H,4-5,7H2,(H,17,18). The average Bonchev–Trinajstić information content (AvgIpc) is 2.93. The maximum Gasteiger partial charge on any atom is 0.238 e. The van der Waals surface area contributed by atoms with Crippen LogP contribution >= 0.6 is 23.2 Å². The van der Waals surface area contributed by atoms with Gasteiger partial charge >= 0.3 is 0 Å². The van der Waals surface area contributed by atoms with Crippen LogP contribution in [0.1, 0.15) is 23.0 Å². The lowest BCUT2D eigenvalue weighted by Gasteiger charge is -2.35. The minimum atomic E-state index is -0.227. The van der Waals surface area contributed by atoms with Crippen LogP contribution in [0.15, 0.2) is 30.6 Å². The molecule has 0 saturated carbocycles. The van der Waals surface area contributed by atoms with Crippen molar-refractivity contribution >= 4 is 29.1 Å². The SMILES string of the molecule is O=C(CCl)N1CCc2[nH]cnc2C1c1cccc(Cl)c1. The molecule has 20 heavy (non-hydrogen) atoms. The summed E-state index contributed by atoms with van der Waals surface area (Å²) in [5, 5.41) is 0.642.